The van der Waals surface area contributed by atoms with Gasteiger partial charge in [0.05, 0.1) is 18.7 Å². The highest BCUT2D eigenvalue weighted by Gasteiger charge is 2.25. The number of carbonyl (C=O) groups excluding carboxylic acids is 1. The van der Waals surface area contributed by atoms with Crippen LogP contribution in [0.4, 0.5) is 0 Å². The van der Waals surface area contributed by atoms with Crippen LogP contribution in [-0.2, 0) is 0 Å². The molecule has 2 rings (SSSR count). The molecule has 1 aliphatic heterocycles. The second kappa shape index (κ2) is 9.35. The molecule has 0 aromatic heterocycles. The van der Waals surface area contributed by atoms with E-state index >= 15 is 0 Å². The first-order chi connectivity index (χ1) is 10.9. The molecule has 0 radical (unpaired) electrons. The van der Waals surface area contributed by atoms with Gasteiger partial charge in [-0.25, -0.2) is 0 Å². The lowest BCUT2D eigenvalue weighted by atomic mass is 10.1. The van der Waals surface area contributed by atoms with E-state index in [2.05, 4.69) is 19.2 Å². The first-order valence-corrected chi connectivity index (χ1v) is 8.30. The summed E-state index contributed by atoms with van der Waals surface area (Å²) < 4.78 is 11.1. The Morgan fingerprint density at radius 3 is 2.71 bits per heavy atom. The summed E-state index contributed by atoms with van der Waals surface area (Å²) in [7, 11) is 3.37. The van der Waals surface area contributed by atoms with Gasteiger partial charge in [-0.15, -0.1) is 12.4 Å². The number of benzene rings is 1. The number of rotatable bonds is 6. The van der Waals surface area contributed by atoms with E-state index in [4.69, 9.17) is 21.1 Å². The number of hydrogen-bond acceptors (Lipinski definition) is 4. The number of nitrogens with zero attached hydrogens (tertiary/aromatic N) is 1. The first-order valence-electron chi connectivity index (χ1n) is 7.92. The van der Waals surface area contributed by atoms with E-state index in [-0.39, 0.29) is 24.4 Å². The topological polar surface area (TPSA) is 50.8 Å². The molecule has 136 valence electrons. The summed E-state index contributed by atoms with van der Waals surface area (Å²) >= 11 is 6.32. The molecule has 1 heterocycles. The van der Waals surface area contributed by atoms with E-state index in [9.17, 15) is 4.79 Å². The van der Waals surface area contributed by atoms with Gasteiger partial charge in [0.1, 0.15) is 0 Å². The third kappa shape index (κ3) is 4.91. The Morgan fingerprint density at radius 2 is 2.17 bits per heavy atom. The fourth-order valence-corrected chi connectivity index (χ4v) is 2.84. The second-order valence-corrected chi connectivity index (χ2v) is 6.66. The Bertz CT molecular complexity index is 561. The van der Waals surface area contributed by atoms with E-state index in [0.29, 0.717) is 34.6 Å². The zero-order chi connectivity index (χ0) is 17.0. The van der Waals surface area contributed by atoms with Gasteiger partial charge >= 0.3 is 0 Å². The highest BCUT2D eigenvalue weighted by Crippen LogP contribution is 2.37. The van der Waals surface area contributed by atoms with Gasteiger partial charge < -0.3 is 19.7 Å². The fraction of sp³-hybridized carbons (Fsp3) is 0.588. The van der Waals surface area contributed by atoms with Gasteiger partial charge in [0.2, 0.25) is 0 Å². The van der Waals surface area contributed by atoms with Crippen LogP contribution in [0.2, 0.25) is 5.02 Å². The molecule has 1 unspecified atom stereocenters. The Morgan fingerprint density at radius 1 is 1.46 bits per heavy atom. The van der Waals surface area contributed by atoms with Crippen LogP contribution < -0.4 is 14.8 Å². The molecule has 1 aliphatic rings. The highest BCUT2D eigenvalue weighted by molar-refractivity contribution is 6.32. The molecule has 1 atom stereocenters. The van der Waals surface area contributed by atoms with E-state index in [1.54, 1.807) is 24.1 Å². The van der Waals surface area contributed by atoms with Crippen LogP contribution in [0.3, 0.4) is 0 Å². The fourth-order valence-electron chi connectivity index (χ4n) is 2.57. The molecule has 1 saturated heterocycles. The van der Waals surface area contributed by atoms with Crippen LogP contribution >= 0.6 is 24.0 Å². The van der Waals surface area contributed by atoms with Crippen molar-refractivity contribution in [3.63, 3.8) is 0 Å². The number of amides is 1. The zero-order valence-corrected chi connectivity index (χ0v) is 16.2. The molecule has 1 amide bonds. The lowest BCUT2D eigenvalue weighted by Gasteiger charge is -2.24. The number of carbonyl (C=O) groups is 1. The van der Waals surface area contributed by atoms with Crippen molar-refractivity contribution in [3.05, 3.63) is 22.7 Å². The van der Waals surface area contributed by atoms with E-state index < -0.39 is 0 Å². The maximum atomic E-state index is 12.7. The quantitative estimate of drug-likeness (QED) is 0.827. The van der Waals surface area contributed by atoms with Crippen LogP contribution in [0.5, 0.6) is 11.5 Å². The summed E-state index contributed by atoms with van der Waals surface area (Å²) in [5, 5.41) is 3.66. The molecule has 1 fully saturated rings. The summed E-state index contributed by atoms with van der Waals surface area (Å²) in [6, 6.07) is 3.56. The van der Waals surface area contributed by atoms with E-state index in [0.717, 1.165) is 19.5 Å². The molecule has 0 saturated carbocycles. The third-order valence-corrected chi connectivity index (χ3v) is 4.22. The molecule has 24 heavy (non-hydrogen) atoms. The van der Waals surface area contributed by atoms with Crippen molar-refractivity contribution < 1.29 is 14.3 Å². The van der Waals surface area contributed by atoms with Crippen LogP contribution in [0, 0.1) is 5.92 Å². The molecule has 1 N–H and O–H groups in total. The minimum Gasteiger partial charge on any atom is -0.493 e. The maximum Gasteiger partial charge on any atom is 0.254 e. The normalized spacial score (nSPS) is 16.7. The summed E-state index contributed by atoms with van der Waals surface area (Å²) in [6.07, 6.45) is 0.961. The van der Waals surface area contributed by atoms with Crippen LogP contribution in [0.1, 0.15) is 30.6 Å². The van der Waals surface area contributed by atoms with Crippen molar-refractivity contribution in [2.45, 2.75) is 26.3 Å². The van der Waals surface area contributed by atoms with Gasteiger partial charge in [-0.3, -0.25) is 4.79 Å². The summed E-state index contributed by atoms with van der Waals surface area (Å²) in [6.45, 7) is 6.42. The minimum absolute atomic E-state index is 0. The minimum atomic E-state index is -0.0608. The summed E-state index contributed by atoms with van der Waals surface area (Å²) in [5.74, 6) is 1.29. The Kier molecular flexibility index (Phi) is 8.13. The van der Waals surface area contributed by atoms with Gasteiger partial charge in [-0.05, 0) is 31.0 Å². The van der Waals surface area contributed by atoms with Gasteiger partial charge in [-0.2, -0.15) is 0 Å². The van der Waals surface area contributed by atoms with Crippen LogP contribution in [0.25, 0.3) is 0 Å². The molecule has 1 aromatic carbocycles. The van der Waals surface area contributed by atoms with Crippen LogP contribution in [0.15, 0.2) is 12.1 Å². The van der Waals surface area contributed by atoms with Crippen molar-refractivity contribution in [3.8, 4) is 11.5 Å². The summed E-state index contributed by atoms with van der Waals surface area (Å²) in [4.78, 5) is 14.4. The predicted octanol–water partition coefficient (Wildman–Crippen LogP) is 3.24. The van der Waals surface area contributed by atoms with Crippen molar-refractivity contribution in [1.29, 1.82) is 0 Å². The Labute approximate surface area is 155 Å². The van der Waals surface area contributed by atoms with Gasteiger partial charge in [0.15, 0.2) is 11.5 Å². The third-order valence-electron chi connectivity index (χ3n) is 3.94. The SMILES string of the molecule is COc1cc(C(=O)N(C)C2CCNC2)cc(Cl)c1OCC(C)C.Cl. The molecule has 1 aromatic rings. The van der Waals surface area contributed by atoms with E-state index in [1.807, 2.05) is 7.05 Å². The number of methoxy groups -OCH3 is 1. The van der Waals surface area contributed by atoms with Crippen molar-refractivity contribution >= 4 is 29.9 Å². The number of likely N-dealkylation sites (N-methyl/N-ethyl adjacent to an activating group) is 1. The van der Waals surface area contributed by atoms with Gasteiger partial charge in [0, 0.05) is 25.2 Å². The van der Waals surface area contributed by atoms with Crippen molar-refractivity contribution in [2.24, 2.45) is 5.92 Å². The predicted molar refractivity (Wildman–Crippen MR) is 99.0 cm³/mol. The largest absolute Gasteiger partial charge is 0.493 e. The Balaban J connectivity index is 0.00000288. The van der Waals surface area contributed by atoms with E-state index in [1.165, 1.54) is 0 Å². The van der Waals surface area contributed by atoms with Crippen molar-refractivity contribution in [2.75, 3.05) is 33.9 Å². The lowest BCUT2D eigenvalue weighted by molar-refractivity contribution is 0.0743. The molecular formula is C17H26Cl2N2O3. The number of hydrogen-bond donors (Lipinski definition) is 1. The summed E-state index contributed by atoms with van der Waals surface area (Å²) in [5.41, 5.74) is 0.512. The van der Waals surface area contributed by atoms with Crippen molar-refractivity contribution in [1.82, 2.24) is 10.2 Å². The standard InChI is InChI=1S/C17H25ClN2O3.ClH/c1-11(2)10-23-16-14(18)7-12(8-15(16)22-4)17(21)20(3)13-5-6-19-9-13;/h7-8,11,13,19H,5-6,9-10H2,1-4H3;1H. The number of ether oxygens (including phenoxy) is 2. The zero-order valence-electron chi connectivity index (χ0n) is 14.6. The molecule has 0 aliphatic carbocycles. The monoisotopic (exact) mass is 376 g/mol. The Hall–Kier alpha value is -1.17. The molecule has 0 spiro atoms. The van der Waals surface area contributed by atoms with Crippen LogP contribution in [-0.4, -0.2) is 50.7 Å². The molecule has 7 heteroatoms. The average molecular weight is 377 g/mol. The van der Waals surface area contributed by atoms with Gasteiger partial charge in [-0.1, -0.05) is 25.4 Å². The smallest absolute Gasteiger partial charge is 0.254 e. The maximum absolute atomic E-state index is 12.7. The second-order valence-electron chi connectivity index (χ2n) is 6.26. The molecule has 5 nitrogen and oxygen atoms in total. The molecular weight excluding hydrogens is 351 g/mol. The molecule has 0 bridgehead atoms. The first kappa shape index (κ1) is 20.9. The number of halogens is 2. The lowest BCUT2D eigenvalue weighted by Crippen LogP contribution is -2.38. The van der Waals surface area contributed by atoms with Gasteiger partial charge in [0.25, 0.3) is 5.91 Å². The number of nitrogens with one attached hydrogen (secondary N) is 1. The average Bonchev–Trinajstić information content (AvgIpc) is 3.05. The highest BCUT2D eigenvalue weighted by atomic mass is 35.5.